The number of methoxy groups -OCH3 is 1. The number of hydrogen-bond acceptors (Lipinski definition) is 5. The van der Waals surface area contributed by atoms with E-state index in [1.807, 2.05) is 24.3 Å². The van der Waals surface area contributed by atoms with Crippen LogP contribution in [0.2, 0.25) is 0 Å². The second-order valence-electron chi connectivity index (χ2n) is 4.82. The van der Waals surface area contributed by atoms with Crippen LogP contribution in [0.15, 0.2) is 41.3 Å². The summed E-state index contributed by atoms with van der Waals surface area (Å²) in [7, 11) is 1.67. The standard InChI is InChI=1S/C15H17N3O3/c1-20-14-5-3-2-4-13(14)17-6-8-18(9-7-17)15(19)12-10-21-11-16-12/h2-5,10-11H,6-9H2,1H3. The lowest BCUT2D eigenvalue weighted by molar-refractivity contribution is 0.0740. The van der Waals surface area contributed by atoms with Gasteiger partial charge in [-0.3, -0.25) is 4.79 Å². The molecular weight excluding hydrogens is 270 g/mol. The zero-order valence-electron chi connectivity index (χ0n) is 11.9. The highest BCUT2D eigenvalue weighted by atomic mass is 16.5. The molecule has 2 aromatic rings. The molecule has 0 spiro atoms. The molecule has 2 heterocycles. The van der Waals surface area contributed by atoms with Crippen molar-refractivity contribution in [3.8, 4) is 5.75 Å². The average molecular weight is 287 g/mol. The zero-order valence-corrected chi connectivity index (χ0v) is 11.9. The number of carbonyl (C=O) groups is 1. The summed E-state index contributed by atoms with van der Waals surface area (Å²) in [5.41, 5.74) is 1.43. The van der Waals surface area contributed by atoms with Gasteiger partial charge in [-0.2, -0.15) is 0 Å². The van der Waals surface area contributed by atoms with Crippen molar-refractivity contribution in [1.82, 2.24) is 9.88 Å². The summed E-state index contributed by atoms with van der Waals surface area (Å²) in [6.45, 7) is 2.85. The van der Waals surface area contributed by atoms with E-state index in [1.165, 1.54) is 12.7 Å². The molecule has 1 aliphatic rings. The van der Waals surface area contributed by atoms with Crippen LogP contribution < -0.4 is 9.64 Å². The van der Waals surface area contributed by atoms with Gasteiger partial charge in [0.15, 0.2) is 12.1 Å². The number of carbonyl (C=O) groups excluding carboxylic acids is 1. The van der Waals surface area contributed by atoms with Crippen molar-refractivity contribution in [1.29, 1.82) is 0 Å². The van der Waals surface area contributed by atoms with E-state index in [0.29, 0.717) is 18.8 Å². The molecule has 110 valence electrons. The Morgan fingerprint density at radius 1 is 1.24 bits per heavy atom. The van der Waals surface area contributed by atoms with Crippen molar-refractivity contribution in [3.05, 3.63) is 42.6 Å². The van der Waals surface area contributed by atoms with Crippen LogP contribution in [0.5, 0.6) is 5.75 Å². The number of aromatic nitrogens is 1. The molecule has 0 bridgehead atoms. The summed E-state index contributed by atoms with van der Waals surface area (Å²) in [6.07, 6.45) is 2.66. The number of hydrogen-bond donors (Lipinski definition) is 0. The second kappa shape index (κ2) is 5.87. The van der Waals surface area contributed by atoms with Gasteiger partial charge >= 0.3 is 0 Å². The number of benzene rings is 1. The highest BCUT2D eigenvalue weighted by molar-refractivity contribution is 5.92. The van der Waals surface area contributed by atoms with Gasteiger partial charge < -0.3 is 19.0 Å². The van der Waals surface area contributed by atoms with Crippen LogP contribution in [-0.4, -0.2) is 49.1 Å². The van der Waals surface area contributed by atoms with Gasteiger partial charge in [-0.05, 0) is 12.1 Å². The number of oxazole rings is 1. The third-order valence-electron chi connectivity index (χ3n) is 3.64. The van der Waals surface area contributed by atoms with E-state index in [0.717, 1.165) is 24.5 Å². The molecule has 6 nitrogen and oxygen atoms in total. The third-order valence-corrected chi connectivity index (χ3v) is 3.64. The molecule has 1 aromatic heterocycles. The van der Waals surface area contributed by atoms with E-state index < -0.39 is 0 Å². The molecular formula is C15H17N3O3. The summed E-state index contributed by atoms with van der Waals surface area (Å²) in [5.74, 6) is 0.775. The number of amides is 1. The minimum absolute atomic E-state index is 0.0802. The first-order valence-corrected chi connectivity index (χ1v) is 6.85. The lowest BCUT2D eigenvalue weighted by atomic mass is 10.2. The predicted octanol–water partition coefficient (Wildman–Crippen LogP) is 1.65. The molecule has 0 radical (unpaired) electrons. The fourth-order valence-corrected chi connectivity index (χ4v) is 2.52. The number of ether oxygens (including phenoxy) is 1. The monoisotopic (exact) mass is 287 g/mol. The van der Waals surface area contributed by atoms with Crippen molar-refractivity contribution >= 4 is 11.6 Å². The molecule has 0 unspecified atom stereocenters. The molecule has 0 N–H and O–H groups in total. The fourth-order valence-electron chi connectivity index (χ4n) is 2.52. The van der Waals surface area contributed by atoms with Crippen LogP contribution in [0.3, 0.4) is 0 Å². The van der Waals surface area contributed by atoms with E-state index >= 15 is 0 Å². The second-order valence-corrected chi connectivity index (χ2v) is 4.82. The SMILES string of the molecule is COc1ccccc1N1CCN(C(=O)c2cocn2)CC1. The Labute approximate surface area is 122 Å². The van der Waals surface area contributed by atoms with Crippen LogP contribution in [0.1, 0.15) is 10.5 Å². The molecule has 6 heteroatoms. The number of nitrogens with zero attached hydrogens (tertiary/aromatic N) is 3. The summed E-state index contributed by atoms with van der Waals surface area (Å²) in [4.78, 5) is 20.1. The van der Waals surface area contributed by atoms with Crippen molar-refractivity contribution in [2.45, 2.75) is 0 Å². The number of piperazine rings is 1. The Hall–Kier alpha value is -2.50. The lowest BCUT2D eigenvalue weighted by Gasteiger charge is -2.36. The van der Waals surface area contributed by atoms with Gasteiger partial charge in [0.2, 0.25) is 0 Å². The summed E-state index contributed by atoms with van der Waals surface area (Å²) in [5, 5.41) is 0. The average Bonchev–Trinajstić information content (AvgIpc) is 3.09. The van der Waals surface area contributed by atoms with Crippen molar-refractivity contribution in [2.24, 2.45) is 0 Å². The summed E-state index contributed by atoms with van der Waals surface area (Å²) >= 11 is 0. The Kier molecular flexibility index (Phi) is 3.77. The summed E-state index contributed by atoms with van der Waals surface area (Å²) in [6, 6.07) is 7.92. The van der Waals surface area contributed by atoms with Gasteiger partial charge in [0.25, 0.3) is 5.91 Å². The molecule has 1 saturated heterocycles. The number of para-hydroxylation sites is 2. The minimum Gasteiger partial charge on any atom is -0.495 e. The molecule has 0 atom stereocenters. The first kappa shape index (κ1) is 13.5. The van der Waals surface area contributed by atoms with Gasteiger partial charge in [0, 0.05) is 26.2 Å². The van der Waals surface area contributed by atoms with Gasteiger partial charge in [-0.15, -0.1) is 0 Å². The molecule has 1 aromatic carbocycles. The maximum absolute atomic E-state index is 12.2. The van der Waals surface area contributed by atoms with Gasteiger partial charge in [-0.1, -0.05) is 12.1 Å². The molecule has 0 saturated carbocycles. The fraction of sp³-hybridized carbons (Fsp3) is 0.333. The predicted molar refractivity (Wildman–Crippen MR) is 77.6 cm³/mol. The van der Waals surface area contributed by atoms with E-state index in [9.17, 15) is 4.79 Å². The van der Waals surface area contributed by atoms with Crippen LogP contribution >= 0.6 is 0 Å². The largest absolute Gasteiger partial charge is 0.495 e. The highest BCUT2D eigenvalue weighted by Crippen LogP contribution is 2.28. The summed E-state index contributed by atoms with van der Waals surface area (Å²) < 4.78 is 10.2. The van der Waals surface area contributed by atoms with Gasteiger partial charge in [-0.25, -0.2) is 4.98 Å². The van der Waals surface area contributed by atoms with E-state index in [2.05, 4.69) is 9.88 Å². The van der Waals surface area contributed by atoms with Gasteiger partial charge in [0.05, 0.1) is 12.8 Å². The Bertz CT molecular complexity index is 604. The molecule has 1 fully saturated rings. The van der Waals surface area contributed by atoms with Crippen molar-refractivity contribution < 1.29 is 13.9 Å². The van der Waals surface area contributed by atoms with Crippen LogP contribution in [0.25, 0.3) is 0 Å². The van der Waals surface area contributed by atoms with E-state index in [-0.39, 0.29) is 5.91 Å². The first-order valence-electron chi connectivity index (χ1n) is 6.85. The molecule has 21 heavy (non-hydrogen) atoms. The zero-order chi connectivity index (χ0) is 14.7. The minimum atomic E-state index is -0.0802. The topological polar surface area (TPSA) is 58.8 Å². The normalized spacial score (nSPS) is 15.1. The van der Waals surface area contributed by atoms with Crippen molar-refractivity contribution in [2.75, 3.05) is 38.2 Å². The highest BCUT2D eigenvalue weighted by Gasteiger charge is 2.24. The Morgan fingerprint density at radius 2 is 2.00 bits per heavy atom. The number of rotatable bonds is 3. The van der Waals surface area contributed by atoms with E-state index in [1.54, 1.807) is 12.0 Å². The third kappa shape index (κ3) is 2.69. The maximum Gasteiger partial charge on any atom is 0.275 e. The molecule has 1 amide bonds. The van der Waals surface area contributed by atoms with E-state index in [4.69, 9.17) is 9.15 Å². The smallest absolute Gasteiger partial charge is 0.275 e. The maximum atomic E-state index is 12.2. The van der Waals surface area contributed by atoms with Crippen molar-refractivity contribution in [3.63, 3.8) is 0 Å². The quantitative estimate of drug-likeness (QED) is 0.859. The Morgan fingerprint density at radius 3 is 2.67 bits per heavy atom. The lowest BCUT2D eigenvalue weighted by Crippen LogP contribution is -2.49. The Balaban J connectivity index is 1.66. The van der Waals surface area contributed by atoms with Crippen LogP contribution in [0, 0.1) is 0 Å². The van der Waals surface area contributed by atoms with Gasteiger partial charge in [0.1, 0.15) is 12.0 Å². The number of anilines is 1. The molecule has 3 rings (SSSR count). The first-order chi connectivity index (χ1) is 10.3. The van der Waals surface area contributed by atoms with Crippen LogP contribution in [0.4, 0.5) is 5.69 Å². The molecule has 0 aliphatic carbocycles. The molecule has 1 aliphatic heterocycles. The van der Waals surface area contributed by atoms with Crippen LogP contribution in [-0.2, 0) is 0 Å².